The van der Waals surface area contributed by atoms with E-state index in [2.05, 4.69) is 4.98 Å². The molecule has 2 heterocycles. The standard InChI is InChI=1S/C16H13ClF3N3O2S/c1-23-14(5-11-2-3-13(17)6-15(11)23)12-4-10(7-21-9-12)8-22-26(24,25)16(18,19)20/h2-7,9,22H,8H2,1H3. The SMILES string of the molecule is Cn1c(-c2cncc(CNS(=O)(=O)C(F)(F)F)c2)cc2ccc(Cl)cc21. The Morgan fingerprint density at radius 1 is 1.19 bits per heavy atom. The highest BCUT2D eigenvalue weighted by Gasteiger charge is 2.45. The van der Waals surface area contributed by atoms with Gasteiger partial charge in [0.05, 0.1) is 5.69 Å². The Hall–Kier alpha value is -2.10. The zero-order chi connectivity index (χ0) is 19.1. The minimum atomic E-state index is -5.40. The number of sulfonamides is 1. The number of aromatic nitrogens is 2. The number of alkyl halides is 3. The highest BCUT2D eigenvalue weighted by molar-refractivity contribution is 7.90. The predicted molar refractivity (Wildman–Crippen MR) is 93.0 cm³/mol. The number of benzene rings is 1. The second kappa shape index (κ2) is 6.57. The lowest BCUT2D eigenvalue weighted by molar-refractivity contribution is -0.0448. The van der Waals surface area contributed by atoms with Gasteiger partial charge in [-0.05, 0) is 29.8 Å². The van der Waals surface area contributed by atoms with Crippen molar-refractivity contribution < 1.29 is 21.6 Å². The lowest BCUT2D eigenvalue weighted by Gasteiger charge is -2.10. The van der Waals surface area contributed by atoms with E-state index in [9.17, 15) is 21.6 Å². The van der Waals surface area contributed by atoms with Gasteiger partial charge in [0.25, 0.3) is 0 Å². The van der Waals surface area contributed by atoms with Crippen molar-refractivity contribution in [2.45, 2.75) is 12.1 Å². The van der Waals surface area contributed by atoms with E-state index in [0.717, 1.165) is 16.6 Å². The molecule has 1 aromatic carbocycles. The fourth-order valence-electron chi connectivity index (χ4n) is 2.56. The zero-order valence-corrected chi connectivity index (χ0v) is 15.0. The number of fused-ring (bicyclic) bond motifs is 1. The molecule has 26 heavy (non-hydrogen) atoms. The van der Waals surface area contributed by atoms with Crippen LogP contribution in [-0.4, -0.2) is 23.5 Å². The first-order chi connectivity index (χ1) is 12.1. The summed E-state index contributed by atoms with van der Waals surface area (Å²) in [6.45, 7) is -0.515. The molecule has 0 atom stereocenters. The second-order valence-electron chi connectivity index (χ2n) is 5.64. The number of aryl methyl sites for hydroxylation is 1. The lowest BCUT2D eigenvalue weighted by atomic mass is 10.1. The fourth-order valence-corrected chi connectivity index (χ4v) is 3.25. The number of rotatable bonds is 4. The monoisotopic (exact) mass is 403 g/mol. The maximum Gasteiger partial charge on any atom is 0.511 e. The highest BCUT2D eigenvalue weighted by atomic mass is 35.5. The summed E-state index contributed by atoms with van der Waals surface area (Å²) in [7, 11) is -3.58. The van der Waals surface area contributed by atoms with Crippen molar-refractivity contribution in [2.24, 2.45) is 7.05 Å². The number of pyridine rings is 1. The molecule has 1 N–H and O–H groups in total. The summed E-state index contributed by atoms with van der Waals surface area (Å²) in [6, 6.07) is 8.90. The van der Waals surface area contributed by atoms with Crippen LogP contribution in [0.25, 0.3) is 22.2 Å². The van der Waals surface area contributed by atoms with Crippen molar-refractivity contribution >= 4 is 32.5 Å². The molecule has 0 unspecified atom stereocenters. The van der Waals surface area contributed by atoms with Gasteiger partial charge < -0.3 is 4.57 Å². The third kappa shape index (κ3) is 3.55. The van der Waals surface area contributed by atoms with Crippen LogP contribution in [0.1, 0.15) is 5.56 Å². The Morgan fingerprint density at radius 2 is 1.92 bits per heavy atom. The van der Waals surface area contributed by atoms with Crippen LogP contribution in [0.4, 0.5) is 13.2 Å². The molecule has 0 saturated heterocycles. The molecule has 0 aliphatic carbocycles. The molecule has 0 bridgehead atoms. The van der Waals surface area contributed by atoms with E-state index >= 15 is 0 Å². The van der Waals surface area contributed by atoms with Gasteiger partial charge >= 0.3 is 15.5 Å². The molecule has 0 saturated carbocycles. The number of nitrogens with zero attached hydrogens (tertiary/aromatic N) is 2. The number of hydrogen-bond donors (Lipinski definition) is 1. The smallest absolute Gasteiger partial charge is 0.344 e. The van der Waals surface area contributed by atoms with Crippen molar-refractivity contribution in [3.63, 3.8) is 0 Å². The van der Waals surface area contributed by atoms with Crippen LogP contribution < -0.4 is 4.72 Å². The summed E-state index contributed by atoms with van der Waals surface area (Å²) >= 11 is 6.01. The third-order valence-corrected chi connectivity index (χ3v) is 5.24. The Bertz CT molecular complexity index is 1080. The largest absolute Gasteiger partial charge is 0.511 e. The van der Waals surface area contributed by atoms with Crippen molar-refractivity contribution in [2.75, 3.05) is 0 Å². The van der Waals surface area contributed by atoms with Crippen LogP contribution in [0.2, 0.25) is 5.02 Å². The third-order valence-electron chi connectivity index (χ3n) is 3.87. The number of hydrogen-bond acceptors (Lipinski definition) is 3. The van der Waals surface area contributed by atoms with E-state index in [-0.39, 0.29) is 0 Å². The summed E-state index contributed by atoms with van der Waals surface area (Å²) in [4.78, 5) is 4.00. The Balaban J connectivity index is 1.92. The lowest BCUT2D eigenvalue weighted by Crippen LogP contribution is -2.36. The van der Waals surface area contributed by atoms with Crippen LogP contribution >= 0.6 is 11.6 Å². The van der Waals surface area contributed by atoms with Gasteiger partial charge in [-0.1, -0.05) is 17.7 Å². The van der Waals surface area contributed by atoms with Crippen LogP contribution in [0.3, 0.4) is 0 Å². The Labute approximate surface area is 152 Å². The molecule has 3 rings (SSSR count). The van der Waals surface area contributed by atoms with Crippen molar-refractivity contribution in [3.05, 3.63) is 53.3 Å². The van der Waals surface area contributed by atoms with E-state index in [0.29, 0.717) is 16.1 Å². The number of halogens is 4. The summed E-state index contributed by atoms with van der Waals surface area (Å²) in [5.41, 5.74) is -2.75. The Morgan fingerprint density at radius 3 is 2.62 bits per heavy atom. The van der Waals surface area contributed by atoms with E-state index in [4.69, 9.17) is 11.6 Å². The molecule has 0 fully saturated rings. The van der Waals surface area contributed by atoms with E-state index in [1.165, 1.54) is 10.9 Å². The molecule has 138 valence electrons. The quantitative estimate of drug-likeness (QED) is 0.720. The van der Waals surface area contributed by atoms with Gasteiger partial charge in [-0.3, -0.25) is 4.98 Å². The van der Waals surface area contributed by atoms with Gasteiger partial charge in [0.15, 0.2) is 0 Å². The van der Waals surface area contributed by atoms with Crippen LogP contribution in [0, 0.1) is 0 Å². The van der Waals surface area contributed by atoms with Crippen molar-refractivity contribution in [1.82, 2.24) is 14.3 Å². The molecular formula is C16H13ClF3N3O2S. The second-order valence-corrected chi connectivity index (χ2v) is 7.84. The molecule has 2 aromatic heterocycles. The maximum absolute atomic E-state index is 12.4. The highest BCUT2D eigenvalue weighted by Crippen LogP contribution is 2.29. The predicted octanol–water partition coefficient (Wildman–Crippen LogP) is 3.83. The van der Waals surface area contributed by atoms with Crippen LogP contribution in [0.15, 0.2) is 42.7 Å². The van der Waals surface area contributed by atoms with Crippen LogP contribution in [0.5, 0.6) is 0 Å². The minimum Gasteiger partial charge on any atom is -0.344 e. The summed E-state index contributed by atoms with van der Waals surface area (Å²) in [6.07, 6.45) is 2.86. The fraction of sp³-hybridized carbons (Fsp3) is 0.188. The molecule has 0 radical (unpaired) electrons. The summed E-state index contributed by atoms with van der Waals surface area (Å²) in [5, 5.41) is 1.52. The van der Waals surface area contributed by atoms with E-state index < -0.39 is 22.1 Å². The van der Waals surface area contributed by atoms with Gasteiger partial charge in [0.1, 0.15) is 0 Å². The van der Waals surface area contributed by atoms with Crippen LogP contribution in [-0.2, 0) is 23.6 Å². The number of nitrogens with one attached hydrogen (secondary N) is 1. The van der Waals surface area contributed by atoms with Gasteiger partial charge in [-0.15, -0.1) is 0 Å². The topological polar surface area (TPSA) is 64.0 Å². The first-order valence-electron chi connectivity index (χ1n) is 7.34. The molecule has 0 amide bonds. The molecule has 0 spiro atoms. The molecule has 5 nitrogen and oxygen atoms in total. The van der Waals surface area contributed by atoms with Gasteiger partial charge in [0, 0.05) is 47.5 Å². The molecule has 3 aromatic rings. The van der Waals surface area contributed by atoms with Gasteiger partial charge in [0.2, 0.25) is 0 Å². The normalized spacial score (nSPS) is 12.7. The molecule has 0 aliphatic heterocycles. The summed E-state index contributed by atoms with van der Waals surface area (Å²) < 4.78 is 62.8. The average Bonchev–Trinajstić information content (AvgIpc) is 2.89. The van der Waals surface area contributed by atoms with Crippen molar-refractivity contribution in [1.29, 1.82) is 0 Å². The average molecular weight is 404 g/mol. The Kier molecular flexibility index (Phi) is 4.72. The zero-order valence-electron chi connectivity index (χ0n) is 13.4. The van der Waals surface area contributed by atoms with Gasteiger partial charge in [-0.25, -0.2) is 13.1 Å². The van der Waals surface area contributed by atoms with E-state index in [1.54, 1.807) is 24.4 Å². The van der Waals surface area contributed by atoms with Gasteiger partial charge in [-0.2, -0.15) is 13.2 Å². The van der Waals surface area contributed by atoms with Crippen molar-refractivity contribution in [3.8, 4) is 11.3 Å². The molecule has 0 aliphatic rings. The molecular weight excluding hydrogens is 391 g/mol. The first kappa shape index (κ1) is 18.7. The molecule has 10 heteroatoms. The maximum atomic E-state index is 12.4. The summed E-state index contributed by atoms with van der Waals surface area (Å²) in [5.74, 6) is 0. The first-order valence-corrected chi connectivity index (χ1v) is 9.20. The minimum absolute atomic E-state index is 0.304. The van der Waals surface area contributed by atoms with E-state index in [1.807, 2.05) is 23.7 Å².